The molecule has 1 rings (SSSR count). The number of unbranched alkanes of at least 4 members (excludes halogenated alkanes) is 4. The molecule has 0 spiro atoms. The van der Waals surface area contributed by atoms with Gasteiger partial charge >= 0.3 is 11.4 Å². The van der Waals surface area contributed by atoms with Gasteiger partial charge in [-0.15, -0.1) is 0 Å². The minimum Gasteiger partial charge on any atom is -0.257 e. The van der Waals surface area contributed by atoms with E-state index in [1.54, 1.807) is 0 Å². The summed E-state index contributed by atoms with van der Waals surface area (Å²) in [6.45, 7) is 2.76. The number of aromatic nitrogens is 3. The number of nitrogens with zero attached hydrogens (tertiary/aromatic N) is 1. The van der Waals surface area contributed by atoms with Crippen LogP contribution in [-0.2, 0) is 6.54 Å². The third-order valence-electron chi connectivity index (χ3n) is 2.19. The van der Waals surface area contributed by atoms with E-state index >= 15 is 0 Å². The third-order valence-corrected chi connectivity index (χ3v) is 2.19. The predicted octanol–water partition coefficient (Wildman–Crippen LogP) is 0.835. The summed E-state index contributed by atoms with van der Waals surface area (Å²) in [7, 11) is 0. The van der Waals surface area contributed by atoms with Crippen molar-refractivity contribution in [2.75, 3.05) is 0 Å². The van der Waals surface area contributed by atoms with Crippen molar-refractivity contribution in [3.05, 3.63) is 21.0 Å². The summed E-state index contributed by atoms with van der Waals surface area (Å²) in [4.78, 5) is 23.9. The molecule has 0 aromatic carbocycles. The average Bonchev–Trinajstić information content (AvgIpc) is 2.45. The highest BCUT2D eigenvalue weighted by Crippen LogP contribution is 2.02. The van der Waals surface area contributed by atoms with Crippen LogP contribution in [0, 0.1) is 0 Å². The molecule has 2 N–H and O–H groups in total. The van der Waals surface area contributed by atoms with Crippen LogP contribution in [0.2, 0.25) is 0 Å². The van der Waals surface area contributed by atoms with E-state index in [0.717, 1.165) is 12.8 Å². The SMILES string of the molecule is CCCCCCCn1[nH]c(=O)[nH]c1=O. The minimum absolute atomic E-state index is 0.342. The summed E-state index contributed by atoms with van der Waals surface area (Å²) < 4.78 is 1.33. The Morgan fingerprint density at radius 1 is 1.14 bits per heavy atom. The monoisotopic (exact) mass is 199 g/mol. The van der Waals surface area contributed by atoms with Crippen molar-refractivity contribution in [3.8, 4) is 0 Å². The maximum absolute atomic E-state index is 11.0. The Kier molecular flexibility index (Phi) is 4.22. The van der Waals surface area contributed by atoms with Gasteiger partial charge in [0.2, 0.25) is 0 Å². The minimum atomic E-state index is -0.427. The summed E-state index contributed by atoms with van der Waals surface area (Å²) in [5.74, 6) is 0. The number of rotatable bonds is 6. The van der Waals surface area contributed by atoms with Crippen molar-refractivity contribution < 1.29 is 0 Å². The van der Waals surface area contributed by atoms with Crippen molar-refractivity contribution in [1.82, 2.24) is 14.8 Å². The van der Waals surface area contributed by atoms with Crippen molar-refractivity contribution in [1.29, 1.82) is 0 Å². The van der Waals surface area contributed by atoms with Gasteiger partial charge in [-0.2, -0.15) is 0 Å². The van der Waals surface area contributed by atoms with E-state index in [2.05, 4.69) is 17.0 Å². The van der Waals surface area contributed by atoms with Gasteiger partial charge in [-0.25, -0.2) is 19.4 Å². The zero-order valence-corrected chi connectivity index (χ0v) is 8.51. The largest absolute Gasteiger partial charge is 0.344 e. The van der Waals surface area contributed by atoms with Crippen LogP contribution in [0.4, 0.5) is 0 Å². The fourth-order valence-corrected chi connectivity index (χ4v) is 1.40. The molecule has 80 valence electrons. The lowest BCUT2D eigenvalue weighted by Crippen LogP contribution is -2.18. The van der Waals surface area contributed by atoms with E-state index in [1.165, 1.54) is 23.9 Å². The van der Waals surface area contributed by atoms with Gasteiger partial charge < -0.3 is 0 Å². The molecule has 14 heavy (non-hydrogen) atoms. The summed E-state index contributed by atoms with van der Waals surface area (Å²) in [5.41, 5.74) is -0.769. The molecule has 0 saturated heterocycles. The van der Waals surface area contributed by atoms with E-state index < -0.39 is 5.69 Å². The molecule has 0 aliphatic rings. The first-order valence-corrected chi connectivity index (χ1v) is 5.13. The second-order valence-corrected chi connectivity index (χ2v) is 3.44. The Labute approximate surface area is 82.1 Å². The molecule has 0 fully saturated rings. The Hall–Kier alpha value is -1.26. The van der Waals surface area contributed by atoms with Crippen LogP contribution < -0.4 is 11.4 Å². The summed E-state index contributed by atoms with van der Waals surface area (Å²) >= 11 is 0. The Balaban J connectivity index is 2.28. The van der Waals surface area contributed by atoms with E-state index in [9.17, 15) is 9.59 Å². The lowest BCUT2D eigenvalue weighted by molar-refractivity contribution is 0.519. The van der Waals surface area contributed by atoms with Crippen molar-refractivity contribution in [2.24, 2.45) is 0 Å². The molecule has 0 aliphatic carbocycles. The fraction of sp³-hybridized carbons (Fsp3) is 0.778. The first kappa shape index (κ1) is 10.8. The number of hydrogen-bond donors (Lipinski definition) is 2. The lowest BCUT2D eigenvalue weighted by Gasteiger charge is -1.99. The van der Waals surface area contributed by atoms with E-state index in [0.29, 0.717) is 6.54 Å². The number of nitrogens with one attached hydrogen (secondary N) is 2. The third kappa shape index (κ3) is 3.24. The highest BCUT2D eigenvalue weighted by molar-refractivity contribution is 4.61. The van der Waals surface area contributed by atoms with Gasteiger partial charge in [-0.1, -0.05) is 32.6 Å². The van der Waals surface area contributed by atoms with Gasteiger partial charge in [-0.3, -0.25) is 4.98 Å². The summed E-state index contributed by atoms with van der Waals surface area (Å²) in [5, 5.41) is 2.43. The van der Waals surface area contributed by atoms with E-state index in [-0.39, 0.29) is 5.69 Å². The quantitative estimate of drug-likeness (QED) is 0.666. The molecular formula is C9H17N3O2. The zero-order valence-electron chi connectivity index (χ0n) is 8.51. The highest BCUT2D eigenvalue weighted by atomic mass is 16.2. The van der Waals surface area contributed by atoms with Crippen LogP contribution >= 0.6 is 0 Å². The Morgan fingerprint density at radius 2 is 1.86 bits per heavy atom. The van der Waals surface area contributed by atoms with Crippen LogP contribution in [0.15, 0.2) is 9.59 Å². The van der Waals surface area contributed by atoms with Crippen molar-refractivity contribution in [2.45, 2.75) is 45.6 Å². The molecule has 0 bridgehead atoms. The number of H-pyrrole nitrogens is 2. The fourth-order valence-electron chi connectivity index (χ4n) is 1.40. The molecule has 0 unspecified atom stereocenters. The van der Waals surface area contributed by atoms with Crippen molar-refractivity contribution in [3.63, 3.8) is 0 Å². The van der Waals surface area contributed by atoms with Gasteiger partial charge in [0, 0.05) is 6.54 Å². The van der Waals surface area contributed by atoms with Gasteiger partial charge in [0.25, 0.3) is 0 Å². The summed E-state index contributed by atoms with van der Waals surface area (Å²) in [6, 6.07) is 0. The standard InChI is InChI=1S/C9H17N3O2/c1-2-3-4-5-6-7-12-9(14)10-8(13)11-12/h2-7H2,1H3,(H2,10,11,13,14). The van der Waals surface area contributed by atoms with Gasteiger partial charge in [0.05, 0.1) is 0 Å². The second-order valence-electron chi connectivity index (χ2n) is 3.44. The molecule has 0 radical (unpaired) electrons. The van der Waals surface area contributed by atoms with Gasteiger partial charge in [0.1, 0.15) is 0 Å². The van der Waals surface area contributed by atoms with Crippen LogP contribution in [0.25, 0.3) is 0 Å². The normalized spacial score (nSPS) is 10.6. The first-order valence-electron chi connectivity index (χ1n) is 5.13. The average molecular weight is 199 g/mol. The molecule has 5 nitrogen and oxygen atoms in total. The van der Waals surface area contributed by atoms with Crippen molar-refractivity contribution >= 4 is 0 Å². The predicted molar refractivity (Wildman–Crippen MR) is 54.4 cm³/mol. The molecule has 1 aromatic heterocycles. The highest BCUT2D eigenvalue weighted by Gasteiger charge is 1.98. The summed E-state index contributed by atoms with van der Waals surface area (Å²) in [6.07, 6.45) is 5.68. The van der Waals surface area contributed by atoms with Gasteiger partial charge in [0.15, 0.2) is 0 Å². The molecule has 0 aliphatic heterocycles. The second kappa shape index (κ2) is 5.47. The van der Waals surface area contributed by atoms with E-state index in [1.807, 2.05) is 0 Å². The molecular weight excluding hydrogens is 182 g/mol. The Bertz CT molecular complexity index is 361. The van der Waals surface area contributed by atoms with Gasteiger partial charge in [-0.05, 0) is 6.42 Å². The van der Waals surface area contributed by atoms with E-state index in [4.69, 9.17) is 0 Å². The van der Waals surface area contributed by atoms with Crippen LogP contribution in [-0.4, -0.2) is 14.8 Å². The van der Waals surface area contributed by atoms with Crippen LogP contribution in [0.3, 0.4) is 0 Å². The molecule has 0 amide bonds. The number of aromatic amines is 2. The first-order chi connectivity index (χ1) is 6.74. The van der Waals surface area contributed by atoms with Crippen LogP contribution in [0.1, 0.15) is 39.0 Å². The lowest BCUT2D eigenvalue weighted by atomic mass is 10.1. The smallest absolute Gasteiger partial charge is 0.257 e. The van der Waals surface area contributed by atoms with Crippen LogP contribution in [0.5, 0.6) is 0 Å². The topological polar surface area (TPSA) is 70.7 Å². The molecule has 1 aromatic rings. The molecule has 5 heteroatoms. The Morgan fingerprint density at radius 3 is 2.43 bits per heavy atom. The molecule has 0 saturated carbocycles. The molecule has 0 atom stereocenters. The maximum Gasteiger partial charge on any atom is 0.344 e. The maximum atomic E-state index is 11.0. The number of aryl methyl sites for hydroxylation is 1. The zero-order chi connectivity index (χ0) is 10.4. The number of hydrogen-bond acceptors (Lipinski definition) is 2. The molecule has 1 heterocycles.